The number of hydrogen-bond donors (Lipinski definition) is 0. The van der Waals surface area contributed by atoms with Crippen LogP contribution in [-0.4, -0.2) is 51.0 Å². The molecule has 5 heteroatoms. The van der Waals surface area contributed by atoms with Crippen molar-refractivity contribution in [3.05, 3.63) is 0 Å². The van der Waals surface area contributed by atoms with Crippen molar-refractivity contribution in [2.75, 3.05) is 19.8 Å². The Labute approximate surface area is 124 Å². The van der Waals surface area contributed by atoms with Gasteiger partial charge in [0, 0.05) is 19.8 Å². The van der Waals surface area contributed by atoms with Crippen LogP contribution in [0.3, 0.4) is 0 Å². The van der Waals surface area contributed by atoms with E-state index < -0.39 is 7.32 Å². The van der Waals surface area contributed by atoms with Gasteiger partial charge in [-0.1, -0.05) is 40.0 Å². The molecule has 104 valence electrons. The number of unbranched alkanes of at least 4 members (excludes halogenated alkanes) is 3. The third-order valence-electron chi connectivity index (χ3n) is 2.26. The SMILES string of the molecule is CCCCOB(OCCCC)OCCCC.[SnH4]. The summed E-state index contributed by atoms with van der Waals surface area (Å²) in [6.07, 6.45) is 6.59. The van der Waals surface area contributed by atoms with Crippen LogP contribution in [0.2, 0.25) is 0 Å². The molecule has 3 nitrogen and oxygen atoms in total. The van der Waals surface area contributed by atoms with Crippen molar-refractivity contribution >= 4 is 31.2 Å². The van der Waals surface area contributed by atoms with Crippen LogP contribution >= 0.6 is 0 Å². The molecule has 0 spiro atoms. The first-order valence-corrected chi connectivity index (χ1v) is 6.69. The van der Waals surface area contributed by atoms with E-state index in [4.69, 9.17) is 14.0 Å². The molecule has 0 amide bonds. The maximum atomic E-state index is 5.53. The Kier molecular flexibility index (Phi) is 19.8. The van der Waals surface area contributed by atoms with Gasteiger partial charge in [-0.25, -0.2) is 0 Å². The van der Waals surface area contributed by atoms with Crippen LogP contribution in [0.1, 0.15) is 59.3 Å². The molecular formula is C12H31BO3Sn. The Morgan fingerprint density at radius 2 is 0.941 bits per heavy atom. The number of hydrogen-bond acceptors (Lipinski definition) is 3. The average molecular weight is 353 g/mol. The molecule has 0 rings (SSSR count). The summed E-state index contributed by atoms with van der Waals surface area (Å²) >= 11 is 0. The molecule has 0 radical (unpaired) electrons. The summed E-state index contributed by atoms with van der Waals surface area (Å²) in [5.41, 5.74) is 0. The fourth-order valence-electron chi connectivity index (χ4n) is 1.12. The van der Waals surface area contributed by atoms with Gasteiger partial charge in [-0.2, -0.15) is 0 Å². The Balaban J connectivity index is 0. The molecule has 0 aromatic rings. The molecule has 0 aromatic carbocycles. The second-order valence-electron chi connectivity index (χ2n) is 3.96. The Morgan fingerprint density at radius 3 is 1.18 bits per heavy atom. The molecule has 0 atom stereocenters. The predicted molar refractivity (Wildman–Crippen MR) is 79.7 cm³/mol. The van der Waals surface area contributed by atoms with Gasteiger partial charge < -0.3 is 14.0 Å². The standard InChI is InChI=1S/C12H27BO3.Sn.4H/c1-4-7-10-14-13(15-11-8-5-2)16-12-9-6-3;;;;;/h4-12H2,1-3H3;;;;;. The van der Waals surface area contributed by atoms with Crippen LogP contribution < -0.4 is 0 Å². The van der Waals surface area contributed by atoms with E-state index in [0.29, 0.717) is 0 Å². The quantitative estimate of drug-likeness (QED) is 0.397. The molecule has 0 heterocycles. The minimum absolute atomic E-state index is 0. The van der Waals surface area contributed by atoms with E-state index in [1.165, 1.54) is 0 Å². The summed E-state index contributed by atoms with van der Waals surface area (Å²) in [4.78, 5) is 0. The summed E-state index contributed by atoms with van der Waals surface area (Å²) in [6.45, 7) is 8.61. The molecular weight excluding hydrogens is 322 g/mol. The summed E-state index contributed by atoms with van der Waals surface area (Å²) in [5, 5.41) is 0. The summed E-state index contributed by atoms with van der Waals surface area (Å²) in [5.74, 6) is 0. The summed E-state index contributed by atoms with van der Waals surface area (Å²) < 4.78 is 16.6. The van der Waals surface area contributed by atoms with Crippen molar-refractivity contribution in [2.24, 2.45) is 0 Å². The maximum absolute atomic E-state index is 5.53. The zero-order chi connectivity index (χ0) is 12.1. The number of rotatable bonds is 12. The predicted octanol–water partition coefficient (Wildman–Crippen LogP) is 1.97. The zero-order valence-electron chi connectivity index (χ0n) is 11.2. The fraction of sp³-hybridized carbons (Fsp3) is 1.00. The monoisotopic (exact) mass is 354 g/mol. The molecule has 0 saturated carbocycles. The molecule has 0 N–H and O–H groups in total. The molecule has 0 aliphatic heterocycles. The molecule has 0 aliphatic carbocycles. The Bertz CT molecular complexity index is 115. The topological polar surface area (TPSA) is 27.7 Å². The van der Waals surface area contributed by atoms with Crippen LogP contribution in [0.15, 0.2) is 0 Å². The van der Waals surface area contributed by atoms with Gasteiger partial charge in [-0.15, -0.1) is 0 Å². The van der Waals surface area contributed by atoms with E-state index in [1.54, 1.807) is 0 Å². The normalized spacial score (nSPS) is 10.1. The van der Waals surface area contributed by atoms with Gasteiger partial charge in [0.1, 0.15) is 0 Å². The second-order valence-corrected chi connectivity index (χ2v) is 3.96. The van der Waals surface area contributed by atoms with Gasteiger partial charge in [-0.3, -0.25) is 0 Å². The van der Waals surface area contributed by atoms with E-state index in [9.17, 15) is 0 Å². The van der Waals surface area contributed by atoms with Gasteiger partial charge in [0.25, 0.3) is 0 Å². The van der Waals surface area contributed by atoms with Gasteiger partial charge in [0.05, 0.1) is 0 Å². The Hall–Kier alpha value is 0.744. The van der Waals surface area contributed by atoms with Crippen LogP contribution in [-0.2, 0) is 14.0 Å². The zero-order valence-corrected chi connectivity index (χ0v) is 11.2. The van der Waals surface area contributed by atoms with Crippen molar-refractivity contribution in [3.63, 3.8) is 0 Å². The van der Waals surface area contributed by atoms with Crippen LogP contribution in [0.25, 0.3) is 0 Å². The average Bonchev–Trinajstić information content (AvgIpc) is 2.29. The van der Waals surface area contributed by atoms with E-state index in [2.05, 4.69) is 20.8 Å². The van der Waals surface area contributed by atoms with E-state index in [-0.39, 0.29) is 23.9 Å². The van der Waals surface area contributed by atoms with Gasteiger partial charge in [0.2, 0.25) is 0 Å². The van der Waals surface area contributed by atoms with Gasteiger partial charge in [-0.05, 0) is 19.3 Å². The molecule has 0 aliphatic rings. The molecule has 0 bridgehead atoms. The van der Waals surface area contributed by atoms with E-state index in [0.717, 1.165) is 58.3 Å². The first-order valence-electron chi connectivity index (χ1n) is 6.69. The summed E-state index contributed by atoms with van der Waals surface area (Å²) in [7, 11) is -0.454. The van der Waals surface area contributed by atoms with Gasteiger partial charge in [0.15, 0.2) is 0 Å². The van der Waals surface area contributed by atoms with Crippen molar-refractivity contribution in [1.29, 1.82) is 0 Å². The van der Waals surface area contributed by atoms with Crippen LogP contribution in [0.5, 0.6) is 0 Å². The van der Waals surface area contributed by atoms with Crippen molar-refractivity contribution in [2.45, 2.75) is 59.3 Å². The van der Waals surface area contributed by atoms with Gasteiger partial charge >= 0.3 is 31.2 Å². The first-order chi connectivity index (χ1) is 7.85. The van der Waals surface area contributed by atoms with Crippen LogP contribution in [0.4, 0.5) is 0 Å². The fourth-order valence-corrected chi connectivity index (χ4v) is 1.12. The van der Waals surface area contributed by atoms with Crippen LogP contribution in [0, 0.1) is 0 Å². The summed E-state index contributed by atoms with van der Waals surface area (Å²) in [6, 6.07) is 0. The molecule has 0 saturated heterocycles. The molecule has 0 unspecified atom stereocenters. The second kappa shape index (κ2) is 16.7. The first kappa shape index (κ1) is 20.1. The van der Waals surface area contributed by atoms with E-state index >= 15 is 0 Å². The van der Waals surface area contributed by atoms with E-state index in [1.807, 2.05) is 0 Å². The Morgan fingerprint density at radius 1 is 0.647 bits per heavy atom. The minimum atomic E-state index is -0.454. The molecule has 17 heavy (non-hydrogen) atoms. The van der Waals surface area contributed by atoms with Crippen molar-refractivity contribution < 1.29 is 14.0 Å². The molecule has 0 fully saturated rings. The molecule has 0 aromatic heterocycles. The third kappa shape index (κ3) is 14.7. The van der Waals surface area contributed by atoms with Crippen molar-refractivity contribution in [3.8, 4) is 0 Å². The van der Waals surface area contributed by atoms with Crippen molar-refractivity contribution in [1.82, 2.24) is 0 Å². The third-order valence-corrected chi connectivity index (χ3v) is 2.26.